The van der Waals surface area contributed by atoms with Crippen LogP contribution in [0.4, 0.5) is 5.69 Å². The van der Waals surface area contributed by atoms with Crippen LogP contribution in [0, 0.1) is 11.3 Å². The van der Waals surface area contributed by atoms with Gasteiger partial charge in [0.15, 0.2) is 0 Å². The largest absolute Gasteiger partial charge is 0.284 e. The fourth-order valence-electron chi connectivity index (χ4n) is 0.889. The van der Waals surface area contributed by atoms with Crippen LogP contribution in [-0.4, -0.2) is 14.7 Å². The molecule has 0 saturated carbocycles. The van der Waals surface area contributed by atoms with Gasteiger partial charge in [0.1, 0.15) is 6.07 Å². The predicted molar refractivity (Wildman–Crippen MR) is 57.3 cm³/mol. The molecule has 0 aromatic heterocycles. The van der Waals surface area contributed by atoms with Crippen LogP contribution >= 0.6 is 15.9 Å². The molecular formula is C8H7BrN2O2S. The molecule has 1 rings (SSSR count). The molecule has 0 bridgehead atoms. The van der Waals surface area contributed by atoms with E-state index >= 15 is 0 Å². The van der Waals surface area contributed by atoms with Crippen molar-refractivity contribution in [2.45, 2.75) is 0 Å². The van der Waals surface area contributed by atoms with Crippen LogP contribution in [0.2, 0.25) is 0 Å². The SMILES string of the molecule is CS(=O)(=O)Nc1ccc(Br)c(C#N)c1. The molecule has 0 amide bonds. The van der Waals surface area contributed by atoms with E-state index in [0.717, 1.165) is 6.26 Å². The second-order valence-corrected chi connectivity index (χ2v) is 5.28. The molecule has 0 saturated heterocycles. The van der Waals surface area contributed by atoms with E-state index in [2.05, 4.69) is 20.7 Å². The Hall–Kier alpha value is -1.06. The molecule has 0 aliphatic heterocycles. The molecule has 0 heterocycles. The first kappa shape index (κ1) is 11.0. The topological polar surface area (TPSA) is 70.0 Å². The molecule has 0 unspecified atom stereocenters. The summed E-state index contributed by atoms with van der Waals surface area (Å²) in [7, 11) is -3.29. The van der Waals surface area contributed by atoms with Crippen LogP contribution in [-0.2, 0) is 10.0 Å². The Balaban J connectivity index is 3.09. The molecule has 74 valence electrons. The minimum atomic E-state index is -3.29. The molecule has 14 heavy (non-hydrogen) atoms. The molecule has 0 aliphatic rings. The quantitative estimate of drug-likeness (QED) is 0.892. The number of hydrogen-bond donors (Lipinski definition) is 1. The van der Waals surface area contributed by atoms with Crippen LogP contribution in [0.15, 0.2) is 22.7 Å². The molecule has 4 nitrogen and oxygen atoms in total. The zero-order valence-corrected chi connectivity index (χ0v) is 9.68. The number of sulfonamides is 1. The van der Waals surface area contributed by atoms with E-state index in [1.165, 1.54) is 6.07 Å². The fraction of sp³-hybridized carbons (Fsp3) is 0.125. The standard InChI is InChI=1S/C8H7BrN2O2S/c1-14(12,13)11-7-2-3-8(9)6(4-7)5-10/h2-4,11H,1H3. The third-order valence-electron chi connectivity index (χ3n) is 1.39. The zero-order chi connectivity index (χ0) is 10.8. The van der Waals surface area contributed by atoms with Crippen molar-refractivity contribution >= 4 is 31.6 Å². The van der Waals surface area contributed by atoms with Gasteiger partial charge in [-0.05, 0) is 34.1 Å². The normalized spacial score (nSPS) is 10.6. The fourth-order valence-corrected chi connectivity index (χ4v) is 1.78. The van der Waals surface area contributed by atoms with Gasteiger partial charge in [-0.25, -0.2) is 8.42 Å². The Morgan fingerprint density at radius 2 is 2.14 bits per heavy atom. The van der Waals surface area contributed by atoms with Crippen molar-refractivity contribution in [1.29, 1.82) is 5.26 Å². The number of rotatable bonds is 2. The van der Waals surface area contributed by atoms with E-state index in [9.17, 15) is 8.42 Å². The van der Waals surface area contributed by atoms with Gasteiger partial charge in [-0.2, -0.15) is 5.26 Å². The maximum absolute atomic E-state index is 10.9. The van der Waals surface area contributed by atoms with Gasteiger partial charge >= 0.3 is 0 Å². The molecule has 0 radical (unpaired) electrons. The smallest absolute Gasteiger partial charge is 0.229 e. The first-order valence-corrected chi connectivity index (χ1v) is 6.28. The minimum absolute atomic E-state index is 0.382. The van der Waals surface area contributed by atoms with Gasteiger partial charge in [0.05, 0.1) is 11.8 Å². The lowest BCUT2D eigenvalue weighted by Gasteiger charge is -2.04. The maximum Gasteiger partial charge on any atom is 0.229 e. The molecule has 0 spiro atoms. The monoisotopic (exact) mass is 274 g/mol. The second-order valence-electron chi connectivity index (χ2n) is 2.68. The van der Waals surface area contributed by atoms with E-state index in [-0.39, 0.29) is 0 Å². The van der Waals surface area contributed by atoms with Gasteiger partial charge in [0.25, 0.3) is 0 Å². The predicted octanol–water partition coefficient (Wildman–Crippen LogP) is 1.69. The zero-order valence-electron chi connectivity index (χ0n) is 7.28. The number of hydrogen-bond acceptors (Lipinski definition) is 3. The number of nitrogens with zero attached hydrogens (tertiary/aromatic N) is 1. The molecule has 1 aromatic rings. The Morgan fingerprint density at radius 1 is 1.50 bits per heavy atom. The Morgan fingerprint density at radius 3 is 2.64 bits per heavy atom. The lowest BCUT2D eigenvalue weighted by Crippen LogP contribution is -2.09. The first-order valence-electron chi connectivity index (χ1n) is 3.60. The van der Waals surface area contributed by atoms with Gasteiger partial charge in [-0.1, -0.05) is 0 Å². The van der Waals surface area contributed by atoms with Crippen LogP contribution in [0.25, 0.3) is 0 Å². The summed E-state index contributed by atoms with van der Waals surface area (Å²) >= 11 is 3.17. The van der Waals surface area contributed by atoms with Gasteiger partial charge in [0, 0.05) is 10.2 Å². The molecular weight excluding hydrogens is 268 g/mol. The van der Waals surface area contributed by atoms with Crippen LogP contribution in [0.3, 0.4) is 0 Å². The molecule has 0 aliphatic carbocycles. The maximum atomic E-state index is 10.9. The van der Waals surface area contributed by atoms with E-state index < -0.39 is 10.0 Å². The van der Waals surface area contributed by atoms with Crippen LogP contribution < -0.4 is 4.72 Å². The summed E-state index contributed by atoms with van der Waals surface area (Å²) in [6.45, 7) is 0. The van der Waals surface area contributed by atoms with Crippen molar-refractivity contribution < 1.29 is 8.42 Å². The van der Waals surface area contributed by atoms with E-state index in [1.54, 1.807) is 12.1 Å². The van der Waals surface area contributed by atoms with Gasteiger partial charge in [-0.15, -0.1) is 0 Å². The highest BCUT2D eigenvalue weighted by Gasteiger charge is 2.04. The van der Waals surface area contributed by atoms with E-state index in [0.29, 0.717) is 15.7 Å². The molecule has 0 atom stereocenters. The lowest BCUT2D eigenvalue weighted by atomic mass is 10.2. The lowest BCUT2D eigenvalue weighted by molar-refractivity contribution is 0.607. The third-order valence-corrected chi connectivity index (χ3v) is 2.69. The summed E-state index contributed by atoms with van der Waals surface area (Å²) < 4.78 is 24.7. The summed E-state index contributed by atoms with van der Waals surface area (Å²) in [5, 5.41) is 8.68. The molecule has 6 heteroatoms. The average Bonchev–Trinajstić information content (AvgIpc) is 2.06. The number of benzene rings is 1. The van der Waals surface area contributed by atoms with Crippen molar-refractivity contribution in [3.05, 3.63) is 28.2 Å². The number of nitriles is 1. The molecule has 1 aromatic carbocycles. The Bertz CT molecular complexity index is 491. The summed E-state index contributed by atoms with van der Waals surface area (Å²) in [6, 6.07) is 6.60. The second kappa shape index (κ2) is 3.98. The highest BCUT2D eigenvalue weighted by atomic mass is 79.9. The van der Waals surface area contributed by atoms with Gasteiger partial charge in [0.2, 0.25) is 10.0 Å². The van der Waals surface area contributed by atoms with Crippen molar-refractivity contribution in [2.75, 3.05) is 11.0 Å². The number of halogens is 1. The first-order chi connectivity index (χ1) is 6.42. The van der Waals surface area contributed by atoms with E-state index in [4.69, 9.17) is 5.26 Å². The van der Waals surface area contributed by atoms with Crippen molar-refractivity contribution in [3.63, 3.8) is 0 Å². The Labute approximate surface area is 90.7 Å². The minimum Gasteiger partial charge on any atom is -0.284 e. The van der Waals surface area contributed by atoms with Crippen molar-refractivity contribution in [2.24, 2.45) is 0 Å². The molecule has 0 fully saturated rings. The third kappa shape index (κ3) is 3.01. The van der Waals surface area contributed by atoms with Crippen molar-refractivity contribution in [1.82, 2.24) is 0 Å². The van der Waals surface area contributed by atoms with Crippen molar-refractivity contribution in [3.8, 4) is 6.07 Å². The van der Waals surface area contributed by atoms with Crippen LogP contribution in [0.5, 0.6) is 0 Å². The summed E-state index contributed by atoms with van der Waals surface area (Å²) in [5.74, 6) is 0. The van der Waals surface area contributed by atoms with Gasteiger partial charge < -0.3 is 0 Å². The summed E-state index contributed by atoms with van der Waals surface area (Å²) in [5.41, 5.74) is 0.769. The highest BCUT2D eigenvalue weighted by molar-refractivity contribution is 9.10. The number of anilines is 1. The summed E-state index contributed by atoms with van der Waals surface area (Å²) in [6.07, 6.45) is 1.06. The Kier molecular flexibility index (Phi) is 3.13. The number of nitrogens with one attached hydrogen (secondary N) is 1. The van der Waals surface area contributed by atoms with E-state index in [1.807, 2.05) is 6.07 Å². The van der Waals surface area contributed by atoms with Crippen LogP contribution in [0.1, 0.15) is 5.56 Å². The molecule has 1 N–H and O–H groups in total. The summed E-state index contributed by atoms with van der Waals surface area (Å²) in [4.78, 5) is 0. The average molecular weight is 275 g/mol. The highest BCUT2D eigenvalue weighted by Crippen LogP contribution is 2.20. The van der Waals surface area contributed by atoms with Gasteiger partial charge in [-0.3, -0.25) is 4.72 Å².